The Balaban J connectivity index is 3.46. The van der Waals surface area contributed by atoms with Gasteiger partial charge in [0.15, 0.2) is 0 Å². The SMILES string of the molecule is C=C(CCCC(C)CC)CCCC(C)CCCC(C)C. The first kappa shape index (κ1) is 19.7. The van der Waals surface area contributed by atoms with Crippen molar-refractivity contribution < 1.29 is 0 Å². The fourth-order valence-electron chi connectivity index (χ4n) is 2.75. The smallest absolute Gasteiger partial charge is 0.0323 e. The van der Waals surface area contributed by atoms with Gasteiger partial charge in [-0.3, -0.25) is 0 Å². The summed E-state index contributed by atoms with van der Waals surface area (Å²) in [4.78, 5) is 0. The first-order valence-corrected chi connectivity index (χ1v) is 9.12. The molecule has 0 heterocycles. The molecule has 0 aliphatic heterocycles. The summed E-state index contributed by atoms with van der Waals surface area (Å²) in [6, 6.07) is 0. The van der Waals surface area contributed by atoms with Gasteiger partial charge in [0.05, 0.1) is 0 Å². The molecule has 0 aliphatic rings. The summed E-state index contributed by atoms with van der Waals surface area (Å²) in [7, 11) is 0. The summed E-state index contributed by atoms with van der Waals surface area (Å²) in [5.74, 6) is 2.66. The Kier molecular flexibility index (Phi) is 12.3. The Hall–Kier alpha value is -0.260. The van der Waals surface area contributed by atoms with E-state index >= 15 is 0 Å². The van der Waals surface area contributed by atoms with Crippen LogP contribution in [0, 0.1) is 17.8 Å². The van der Waals surface area contributed by atoms with Crippen molar-refractivity contribution >= 4 is 0 Å². The van der Waals surface area contributed by atoms with Gasteiger partial charge in [0.1, 0.15) is 0 Å². The third-order valence-electron chi connectivity index (χ3n) is 4.63. The van der Waals surface area contributed by atoms with Crippen LogP contribution >= 0.6 is 0 Å². The molecule has 2 unspecified atom stereocenters. The summed E-state index contributed by atoms with van der Waals surface area (Å²) in [5.41, 5.74) is 1.49. The molecule has 0 aromatic heterocycles. The van der Waals surface area contributed by atoms with Crippen LogP contribution in [-0.2, 0) is 0 Å². The fraction of sp³-hybridized carbons (Fsp3) is 0.900. The van der Waals surface area contributed by atoms with Crippen molar-refractivity contribution in [1.29, 1.82) is 0 Å². The molecule has 0 N–H and O–H groups in total. The van der Waals surface area contributed by atoms with Crippen LogP contribution in [-0.4, -0.2) is 0 Å². The van der Waals surface area contributed by atoms with E-state index in [4.69, 9.17) is 0 Å². The predicted molar refractivity (Wildman–Crippen MR) is 94.2 cm³/mol. The Morgan fingerprint density at radius 3 is 1.75 bits per heavy atom. The molecule has 0 rings (SSSR count). The standard InChI is InChI=1S/C20H40/c1-7-18(4)12-9-14-20(6)16-10-15-19(5)13-8-11-17(2)3/h17-19H,6-16H2,1-5H3. The third kappa shape index (κ3) is 12.8. The lowest BCUT2D eigenvalue weighted by Gasteiger charge is -2.13. The molecule has 0 nitrogen and oxygen atoms in total. The zero-order valence-corrected chi connectivity index (χ0v) is 15.0. The van der Waals surface area contributed by atoms with Crippen LogP contribution in [0.1, 0.15) is 98.8 Å². The number of hydrogen-bond acceptors (Lipinski definition) is 0. The van der Waals surface area contributed by atoms with E-state index in [-0.39, 0.29) is 0 Å². The molecule has 2 atom stereocenters. The summed E-state index contributed by atoms with van der Waals surface area (Å²) < 4.78 is 0. The third-order valence-corrected chi connectivity index (χ3v) is 4.63. The van der Waals surface area contributed by atoms with Crippen LogP contribution in [0.4, 0.5) is 0 Å². The van der Waals surface area contributed by atoms with E-state index in [0.29, 0.717) is 0 Å². The Morgan fingerprint density at radius 2 is 1.25 bits per heavy atom. The minimum atomic E-state index is 0.868. The molecule has 0 bridgehead atoms. The van der Waals surface area contributed by atoms with Gasteiger partial charge in [0, 0.05) is 0 Å². The first-order valence-electron chi connectivity index (χ1n) is 9.12. The quantitative estimate of drug-likeness (QED) is 0.308. The fourth-order valence-corrected chi connectivity index (χ4v) is 2.75. The summed E-state index contributed by atoms with van der Waals surface area (Å²) in [5, 5.41) is 0. The topological polar surface area (TPSA) is 0 Å². The number of allylic oxidation sites excluding steroid dienone is 1. The van der Waals surface area contributed by atoms with Crippen molar-refractivity contribution in [3.8, 4) is 0 Å². The van der Waals surface area contributed by atoms with E-state index in [2.05, 4.69) is 41.2 Å². The molecule has 20 heavy (non-hydrogen) atoms. The van der Waals surface area contributed by atoms with Gasteiger partial charge in [-0.1, -0.05) is 85.3 Å². The summed E-state index contributed by atoms with van der Waals surface area (Å²) >= 11 is 0. The van der Waals surface area contributed by atoms with Gasteiger partial charge >= 0.3 is 0 Å². The van der Waals surface area contributed by atoms with Crippen molar-refractivity contribution in [3.63, 3.8) is 0 Å². The van der Waals surface area contributed by atoms with Crippen LogP contribution in [0.3, 0.4) is 0 Å². The average molecular weight is 281 g/mol. The molecular formula is C20H40. The van der Waals surface area contributed by atoms with E-state index in [1.165, 1.54) is 69.8 Å². The average Bonchev–Trinajstić information content (AvgIpc) is 2.38. The molecule has 0 heteroatoms. The Labute approximate surface area is 129 Å². The van der Waals surface area contributed by atoms with E-state index in [1.54, 1.807) is 0 Å². The van der Waals surface area contributed by atoms with Crippen LogP contribution in [0.25, 0.3) is 0 Å². The highest BCUT2D eigenvalue weighted by atomic mass is 14.1. The van der Waals surface area contributed by atoms with Crippen LogP contribution in [0.2, 0.25) is 0 Å². The van der Waals surface area contributed by atoms with Crippen molar-refractivity contribution in [3.05, 3.63) is 12.2 Å². The monoisotopic (exact) mass is 280 g/mol. The molecule has 0 aliphatic carbocycles. The zero-order chi connectivity index (χ0) is 15.4. The maximum Gasteiger partial charge on any atom is -0.0323 e. The van der Waals surface area contributed by atoms with Gasteiger partial charge in [-0.25, -0.2) is 0 Å². The largest absolute Gasteiger partial charge is 0.0999 e. The molecule has 0 amide bonds. The van der Waals surface area contributed by atoms with E-state index in [1.807, 2.05) is 0 Å². The Bertz CT molecular complexity index is 226. The first-order chi connectivity index (χ1) is 9.45. The minimum absolute atomic E-state index is 0.868. The van der Waals surface area contributed by atoms with Gasteiger partial charge in [-0.05, 0) is 43.4 Å². The second-order valence-electron chi connectivity index (χ2n) is 7.48. The lowest BCUT2D eigenvalue weighted by molar-refractivity contribution is 0.425. The van der Waals surface area contributed by atoms with Gasteiger partial charge in [-0.15, -0.1) is 0 Å². The molecule has 0 aromatic rings. The second-order valence-corrected chi connectivity index (χ2v) is 7.48. The lowest BCUT2D eigenvalue weighted by Crippen LogP contribution is -1.97. The van der Waals surface area contributed by atoms with Crippen LogP contribution in [0.15, 0.2) is 12.2 Å². The summed E-state index contributed by atoms with van der Waals surface area (Å²) in [6.45, 7) is 16.0. The van der Waals surface area contributed by atoms with Crippen molar-refractivity contribution in [2.24, 2.45) is 17.8 Å². The summed E-state index contributed by atoms with van der Waals surface area (Å²) in [6.07, 6.45) is 13.5. The van der Waals surface area contributed by atoms with Gasteiger partial charge in [0.25, 0.3) is 0 Å². The van der Waals surface area contributed by atoms with Gasteiger partial charge in [-0.2, -0.15) is 0 Å². The predicted octanol–water partition coefficient (Wildman–Crippen LogP) is 7.39. The van der Waals surface area contributed by atoms with E-state index in [9.17, 15) is 0 Å². The van der Waals surface area contributed by atoms with Crippen LogP contribution in [0.5, 0.6) is 0 Å². The molecule has 0 radical (unpaired) electrons. The highest BCUT2D eigenvalue weighted by molar-refractivity contribution is 4.93. The molecular weight excluding hydrogens is 240 g/mol. The van der Waals surface area contributed by atoms with Crippen molar-refractivity contribution in [2.45, 2.75) is 98.8 Å². The van der Waals surface area contributed by atoms with Crippen molar-refractivity contribution in [1.82, 2.24) is 0 Å². The number of hydrogen-bond donors (Lipinski definition) is 0. The minimum Gasteiger partial charge on any atom is -0.0999 e. The number of rotatable bonds is 13. The molecule has 0 spiro atoms. The molecule has 0 aromatic carbocycles. The Morgan fingerprint density at radius 1 is 0.750 bits per heavy atom. The van der Waals surface area contributed by atoms with Gasteiger partial charge < -0.3 is 0 Å². The van der Waals surface area contributed by atoms with E-state index in [0.717, 1.165) is 17.8 Å². The lowest BCUT2D eigenvalue weighted by atomic mass is 9.93. The molecule has 0 saturated carbocycles. The highest BCUT2D eigenvalue weighted by Crippen LogP contribution is 2.21. The van der Waals surface area contributed by atoms with Gasteiger partial charge in [0.2, 0.25) is 0 Å². The highest BCUT2D eigenvalue weighted by Gasteiger charge is 2.05. The molecule has 120 valence electrons. The second kappa shape index (κ2) is 12.5. The van der Waals surface area contributed by atoms with Crippen molar-refractivity contribution in [2.75, 3.05) is 0 Å². The normalized spacial score (nSPS) is 14.5. The molecule has 0 saturated heterocycles. The zero-order valence-electron chi connectivity index (χ0n) is 15.0. The van der Waals surface area contributed by atoms with E-state index < -0.39 is 0 Å². The maximum absolute atomic E-state index is 4.26. The van der Waals surface area contributed by atoms with Crippen LogP contribution < -0.4 is 0 Å². The maximum atomic E-state index is 4.26. The molecule has 0 fully saturated rings.